The molecule has 0 spiro atoms. The minimum Gasteiger partial charge on any atom is -0.507 e. The Labute approximate surface area is 169 Å². The summed E-state index contributed by atoms with van der Waals surface area (Å²) in [5.41, 5.74) is 5.63. The molecule has 4 heteroatoms. The highest BCUT2D eigenvalue weighted by Gasteiger charge is 2.15. The molecule has 0 aliphatic heterocycles. The molecular weight excluding hydrogens is 360 g/mol. The number of hydrogen-bond acceptors (Lipinski definition) is 3. The third kappa shape index (κ3) is 4.17. The summed E-state index contributed by atoms with van der Waals surface area (Å²) in [6.07, 6.45) is 0.576. The van der Waals surface area contributed by atoms with Crippen molar-refractivity contribution in [2.24, 2.45) is 5.10 Å². The Balaban J connectivity index is 1.67. The van der Waals surface area contributed by atoms with E-state index in [0.717, 1.165) is 22.2 Å². The Bertz CT molecular complexity index is 1170. The number of carbonyl (C=O) groups excluding carboxylic acids is 1. The monoisotopic (exact) mass is 380 g/mol. The van der Waals surface area contributed by atoms with Crippen LogP contribution in [0.3, 0.4) is 0 Å². The number of benzene rings is 4. The predicted octanol–water partition coefficient (Wildman–Crippen LogP) is 4.92. The molecular formula is C25H20N2O2. The SMILES string of the molecule is O=C(NN=C(Cc1ccccc1)c1ccccc1)c1c(O)ccc2ccccc12. The number of hydrogen-bond donors (Lipinski definition) is 2. The molecule has 4 rings (SSSR count). The molecule has 0 bridgehead atoms. The van der Waals surface area contributed by atoms with Gasteiger partial charge in [0.25, 0.3) is 5.91 Å². The van der Waals surface area contributed by atoms with Gasteiger partial charge in [0.15, 0.2) is 0 Å². The van der Waals surface area contributed by atoms with Crippen LogP contribution in [0.15, 0.2) is 102 Å². The van der Waals surface area contributed by atoms with Crippen molar-refractivity contribution >= 4 is 22.4 Å². The Kier molecular flexibility index (Phi) is 5.34. The second-order valence-electron chi connectivity index (χ2n) is 6.71. The maximum atomic E-state index is 12.9. The maximum absolute atomic E-state index is 12.9. The first-order valence-corrected chi connectivity index (χ1v) is 9.39. The summed E-state index contributed by atoms with van der Waals surface area (Å²) in [4.78, 5) is 12.9. The van der Waals surface area contributed by atoms with E-state index in [1.165, 1.54) is 6.07 Å². The molecule has 4 aromatic carbocycles. The molecule has 0 saturated carbocycles. The van der Waals surface area contributed by atoms with Gasteiger partial charge in [-0.15, -0.1) is 0 Å². The van der Waals surface area contributed by atoms with Crippen molar-refractivity contribution in [1.29, 1.82) is 0 Å². The van der Waals surface area contributed by atoms with Gasteiger partial charge in [0, 0.05) is 6.42 Å². The van der Waals surface area contributed by atoms with Crippen LogP contribution in [-0.2, 0) is 6.42 Å². The van der Waals surface area contributed by atoms with E-state index in [1.807, 2.05) is 84.9 Å². The van der Waals surface area contributed by atoms with Gasteiger partial charge >= 0.3 is 0 Å². The quantitative estimate of drug-likeness (QED) is 0.381. The molecule has 2 N–H and O–H groups in total. The highest BCUT2D eigenvalue weighted by molar-refractivity contribution is 6.10. The zero-order valence-corrected chi connectivity index (χ0v) is 15.7. The van der Waals surface area contributed by atoms with E-state index in [4.69, 9.17) is 0 Å². The number of phenolic OH excluding ortho intramolecular Hbond substituents is 1. The summed E-state index contributed by atoms with van der Waals surface area (Å²) < 4.78 is 0. The zero-order valence-electron chi connectivity index (χ0n) is 15.7. The first kappa shape index (κ1) is 18.4. The van der Waals surface area contributed by atoms with Crippen LogP contribution in [0.25, 0.3) is 10.8 Å². The van der Waals surface area contributed by atoms with Gasteiger partial charge in [-0.2, -0.15) is 5.10 Å². The fourth-order valence-electron chi connectivity index (χ4n) is 3.30. The largest absolute Gasteiger partial charge is 0.507 e. The highest BCUT2D eigenvalue weighted by atomic mass is 16.3. The van der Waals surface area contributed by atoms with Gasteiger partial charge in [-0.1, -0.05) is 91.0 Å². The third-order valence-electron chi connectivity index (χ3n) is 4.75. The molecule has 0 aromatic heterocycles. The van der Waals surface area contributed by atoms with E-state index in [2.05, 4.69) is 10.5 Å². The van der Waals surface area contributed by atoms with E-state index < -0.39 is 5.91 Å². The Morgan fingerprint density at radius 1 is 0.793 bits per heavy atom. The van der Waals surface area contributed by atoms with Crippen molar-refractivity contribution in [2.45, 2.75) is 6.42 Å². The molecule has 0 aliphatic carbocycles. The smallest absolute Gasteiger partial charge is 0.275 e. The summed E-state index contributed by atoms with van der Waals surface area (Å²) in [6.45, 7) is 0. The molecule has 0 unspecified atom stereocenters. The van der Waals surface area contributed by atoms with Gasteiger partial charge in [0.2, 0.25) is 0 Å². The number of rotatable bonds is 5. The van der Waals surface area contributed by atoms with Crippen molar-refractivity contribution in [3.8, 4) is 5.75 Å². The zero-order chi connectivity index (χ0) is 20.1. The van der Waals surface area contributed by atoms with Crippen molar-refractivity contribution in [3.63, 3.8) is 0 Å². The molecule has 4 nitrogen and oxygen atoms in total. The van der Waals surface area contributed by atoms with E-state index >= 15 is 0 Å². The first-order chi connectivity index (χ1) is 14.2. The third-order valence-corrected chi connectivity index (χ3v) is 4.75. The maximum Gasteiger partial charge on any atom is 0.275 e. The average molecular weight is 380 g/mol. The average Bonchev–Trinajstić information content (AvgIpc) is 2.77. The number of nitrogens with one attached hydrogen (secondary N) is 1. The van der Waals surface area contributed by atoms with Crippen molar-refractivity contribution < 1.29 is 9.90 Å². The summed E-state index contributed by atoms with van der Waals surface area (Å²) in [7, 11) is 0. The molecule has 1 amide bonds. The first-order valence-electron chi connectivity index (χ1n) is 9.39. The molecule has 29 heavy (non-hydrogen) atoms. The lowest BCUT2D eigenvalue weighted by Gasteiger charge is -2.10. The second-order valence-corrected chi connectivity index (χ2v) is 6.71. The Morgan fingerprint density at radius 3 is 2.21 bits per heavy atom. The van der Waals surface area contributed by atoms with Crippen LogP contribution in [-0.4, -0.2) is 16.7 Å². The van der Waals surface area contributed by atoms with Gasteiger partial charge in [-0.25, -0.2) is 5.43 Å². The van der Waals surface area contributed by atoms with Crippen LogP contribution >= 0.6 is 0 Å². The van der Waals surface area contributed by atoms with Gasteiger partial charge in [-0.05, 0) is 28.0 Å². The fraction of sp³-hybridized carbons (Fsp3) is 0.0400. The number of carbonyl (C=O) groups is 1. The van der Waals surface area contributed by atoms with Gasteiger partial charge in [0.05, 0.1) is 11.3 Å². The molecule has 0 aliphatic rings. The van der Waals surface area contributed by atoms with Crippen LogP contribution < -0.4 is 5.43 Å². The van der Waals surface area contributed by atoms with Gasteiger partial charge < -0.3 is 5.11 Å². The van der Waals surface area contributed by atoms with Crippen molar-refractivity contribution in [1.82, 2.24) is 5.43 Å². The minimum absolute atomic E-state index is 0.0688. The minimum atomic E-state index is -0.444. The number of fused-ring (bicyclic) bond motifs is 1. The summed E-state index contributed by atoms with van der Waals surface area (Å²) in [6, 6.07) is 30.5. The molecule has 0 atom stereocenters. The summed E-state index contributed by atoms with van der Waals surface area (Å²) >= 11 is 0. The normalized spacial score (nSPS) is 11.4. The lowest BCUT2D eigenvalue weighted by atomic mass is 10.0. The van der Waals surface area contributed by atoms with E-state index in [9.17, 15) is 9.90 Å². The number of amides is 1. The summed E-state index contributed by atoms with van der Waals surface area (Å²) in [5, 5.41) is 16.3. The molecule has 0 radical (unpaired) electrons. The molecule has 4 aromatic rings. The molecule has 142 valence electrons. The molecule has 0 fully saturated rings. The van der Waals surface area contributed by atoms with Crippen molar-refractivity contribution in [2.75, 3.05) is 0 Å². The van der Waals surface area contributed by atoms with Crippen LogP contribution in [0.2, 0.25) is 0 Å². The predicted molar refractivity (Wildman–Crippen MR) is 116 cm³/mol. The second kappa shape index (κ2) is 8.40. The van der Waals surface area contributed by atoms with Crippen LogP contribution in [0.4, 0.5) is 0 Å². The number of aromatic hydroxyl groups is 1. The Morgan fingerprint density at radius 2 is 1.45 bits per heavy atom. The van der Waals surface area contributed by atoms with Crippen LogP contribution in [0.1, 0.15) is 21.5 Å². The standard InChI is InChI=1S/C25H20N2O2/c28-23-16-15-19-11-7-8-14-21(19)24(23)25(29)27-26-22(20-12-5-2-6-13-20)17-18-9-3-1-4-10-18/h1-16,28H,17H2,(H,27,29). The highest BCUT2D eigenvalue weighted by Crippen LogP contribution is 2.27. The Hall–Kier alpha value is -3.92. The van der Waals surface area contributed by atoms with Gasteiger partial charge in [-0.3, -0.25) is 4.79 Å². The van der Waals surface area contributed by atoms with E-state index in [0.29, 0.717) is 11.8 Å². The number of hydrazone groups is 1. The topological polar surface area (TPSA) is 61.7 Å². The van der Waals surface area contributed by atoms with Gasteiger partial charge in [0.1, 0.15) is 5.75 Å². The summed E-state index contributed by atoms with van der Waals surface area (Å²) in [5.74, 6) is -0.512. The molecule has 0 saturated heterocycles. The number of nitrogens with zero attached hydrogens (tertiary/aromatic N) is 1. The fourth-order valence-corrected chi connectivity index (χ4v) is 3.30. The van der Waals surface area contributed by atoms with Crippen molar-refractivity contribution in [3.05, 3.63) is 114 Å². The lowest BCUT2D eigenvalue weighted by molar-refractivity contribution is 0.0954. The number of phenols is 1. The van der Waals surface area contributed by atoms with E-state index in [-0.39, 0.29) is 11.3 Å². The lowest BCUT2D eigenvalue weighted by Crippen LogP contribution is -2.21. The van der Waals surface area contributed by atoms with Crippen LogP contribution in [0, 0.1) is 0 Å². The van der Waals surface area contributed by atoms with Crippen LogP contribution in [0.5, 0.6) is 5.75 Å². The molecule has 0 heterocycles. The van der Waals surface area contributed by atoms with E-state index in [1.54, 1.807) is 6.07 Å².